The normalized spacial score (nSPS) is 10.9. The molecule has 0 amide bonds. The summed E-state index contributed by atoms with van der Waals surface area (Å²) < 4.78 is 7.10. The molecule has 0 aliphatic carbocycles. The van der Waals surface area contributed by atoms with Crippen LogP contribution in [0.3, 0.4) is 0 Å². The van der Waals surface area contributed by atoms with E-state index in [4.69, 9.17) is 4.74 Å². The maximum atomic E-state index is 5.04. The van der Waals surface area contributed by atoms with Crippen LogP contribution in [-0.2, 0) is 11.8 Å². The Morgan fingerprint density at radius 1 is 1.26 bits per heavy atom. The third-order valence-corrected chi connectivity index (χ3v) is 4.05. The number of aryl methyl sites for hydroxylation is 1. The summed E-state index contributed by atoms with van der Waals surface area (Å²) in [7, 11) is 3.74. The van der Waals surface area contributed by atoms with Gasteiger partial charge in [-0.05, 0) is 18.9 Å². The smallest absolute Gasteiger partial charge is 0.191 e. The van der Waals surface area contributed by atoms with Crippen molar-refractivity contribution in [1.82, 2.24) is 14.8 Å². The number of aromatic nitrogens is 3. The molecular weight excluding hydrogens is 258 g/mol. The second-order valence-corrected chi connectivity index (χ2v) is 5.44. The minimum Gasteiger partial charge on any atom is -0.385 e. The molecule has 0 bridgehead atoms. The third-order valence-electron chi connectivity index (χ3n) is 2.94. The van der Waals surface area contributed by atoms with E-state index in [0.29, 0.717) is 0 Å². The van der Waals surface area contributed by atoms with E-state index in [2.05, 4.69) is 33.8 Å². The fraction of sp³-hybridized carbons (Fsp3) is 0.429. The van der Waals surface area contributed by atoms with Crippen LogP contribution in [0, 0.1) is 6.92 Å². The number of methoxy groups -OCH3 is 1. The predicted octanol–water partition coefficient (Wildman–Crippen LogP) is 2.92. The zero-order valence-corrected chi connectivity index (χ0v) is 12.4. The maximum Gasteiger partial charge on any atom is 0.191 e. The number of hydrogen-bond donors (Lipinski definition) is 0. The molecule has 0 spiro atoms. The lowest BCUT2D eigenvalue weighted by Gasteiger charge is -2.06. The van der Waals surface area contributed by atoms with Gasteiger partial charge < -0.3 is 9.30 Å². The Labute approximate surface area is 118 Å². The van der Waals surface area contributed by atoms with Crippen molar-refractivity contribution in [3.63, 3.8) is 0 Å². The fourth-order valence-corrected chi connectivity index (χ4v) is 2.69. The van der Waals surface area contributed by atoms with Gasteiger partial charge in [-0.1, -0.05) is 36.0 Å². The maximum absolute atomic E-state index is 5.04. The minimum atomic E-state index is 0.787. The first kappa shape index (κ1) is 14.1. The molecule has 1 aromatic carbocycles. The van der Waals surface area contributed by atoms with Gasteiger partial charge in [-0.3, -0.25) is 0 Å². The molecule has 0 aliphatic heterocycles. The first-order chi connectivity index (χ1) is 9.24. The highest BCUT2D eigenvalue weighted by Crippen LogP contribution is 2.25. The van der Waals surface area contributed by atoms with Crippen LogP contribution < -0.4 is 0 Å². The lowest BCUT2D eigenvalue weighted by molar-refractivity contribution is 0.200. The zero-order chi connectivity index (χ0) is 13.7. The first-order valence-electron chi connectivity index (χ1n) is 6.31. The summed E-state index contributed by atoms with van der Waals surface area (Å²) >= 11 is 1.72. The number of benzene rings is 1. The number of thioether (sulfide) groups is 1. The minimum absolute atomic E-state index is 0.787. The van der Waals surface area contributed by atoms with Gasteiger partial charge in [0.2, 0.25) is 0 Å². The molecule has 0 aliphatic rings. The van der Waals surface area contributed by atoms with Gasteiger partial charge >= 0.3 is 0 Å². The van der Waals surface area contributed by atoms with Gasteiger partial charge in [0.1, 0.15) is 0 Å². The van der Waals surface area contributed by atoms with E-state index in [-0.39, 0.29) is 0 Å². The van der Waals surface area contributed by atoms with Gasteiger partial charge in [0.25, 0.3) is 0 Å². The highest BCUT2D eigenvalue weighted by Gasteiger charge is 2.12. The summed E-state index contributed by atoms with van der Waals surface area (Å²) in [5.74, 6) is 1.92. The summed E-state index contributed by atoms with van der Waals surface area (Å²) in [5, 5.41) is 9.53. The molecule has 1 aromatic heterocycles. The summed E-state index contributed by atoms with van der Waals surface area (Å²) in [5.41, 5.74) is 2.36. The van der Waals surface area contributed by atoms with E-state index in [0.717, 1.165) is 35.3 Å². The van der Waals surface area contributed by atoms with Crippen LogP contribution >= 0.6 is 11.8 Å². The molecule has 2 rings (SSSR count). The Morgan fingerprint density at radius 3 is 2.79 bits per heavy atom. The number of hydrogen-bond acceptors (Lipinski definition) is 4. The van der Waals surface area contributed by atoms with Crippen molar-refractivity contribution in [2.45, 2.75) is 18.5 Å². The van der Waals surface area contributed by atoms with Gasteiger partial charge in [-0.15, -0.1) is 10.2 Å². The summed E-state index contributed by atoms with van der Waals surface area (Å²) in [6.07, 6.45) is 1.02. The lowest BCUT2D eigenvalue weighted by Crippen LogP contribution is -1.97. The average Bonchev–Trinajstić information content (AvgIpc) is 2.77. The van der Waals surface area contributed by atoms with E-state index in [1.54, 1.807) is 18.9 Å². The van der Waals surface area contributed by atoms with Crippen molar-refractivity contribution in [3.05, 3.63) is 29.8 Å². The van der Waals surface area contributed by atoms with Crippen LogP contribution in [0.15, 0.2) is 29.4 Å². The molecule has 0 N–H and O–H groups in total. The molecule has 2 aromatic rings. The highest BCUT2D eigenvalue weighted by molar-refractivity contribution is 7.99. The number of rotatable bonds is 6. The third kappa shape index (κ3) is 3.36. The van der Waals surface area contributed by atoms with E-state index in [9.17, 15) is 0 Å². The van der Waals surface area contributed by atoms with Crippen molar-refractivity contribution in [2.24, 2.45) is 7.05 Å². The van der Waals surface area contributed by atoms with Crippen molar-refractivity contribution < 1.29 is 4.74 Å². The molecule has 0 atom stereocenters. The SMILES string of the molecule is COCCCSc1nnc(-c2ccccc2C)n1C. The molecule has 0 saturated heterocycles. The Hall–Kier alpha value is -1.33. The van der Waals surface area contributed by atoms with Crippen LogP contribution in [0.1, 0.15) is 12.0 Å². The standard InChI is InChI=1S/C14H19N3OS/c1-11-7-4-5-8-12(11)13-15-16-14(17(13)2)19-10-6-9-18-3/h4-5,7-8H,6,9-10H2,1-3H3. The first-order valence-corrected chi connectivity index (χ1v) is 7.29. The summed E-state index contributed by atoms with van der Waals surface area (Å²) in [6.45, 7) is 2.88. The van der Waals surface area contributed by atoms with Gasteiger partial charge in [0.15, 0.2) is 11.0 Å². The monoisotopic (exact) mass is 277 g/mol. The van der Waals surface area contributed by atoms with Crippen molar-refractivity contribution in [3.8, 4) is 11.4 Å². The number of ether oxygens (including phenoxy) is 1. The molecule has 5 heteroatoms. The van der Waals surface area contributed by atoms with E-state index >= 15 is 0 Å². The molecule has 0 unspecified atom stereocenters. The van der Waals surface area contributed by atoms with Gasteiger partial charge in [-0.25, -0.2) is 0 Å². The Bertz CT molecular complexity index is 539. The molecule has 0 radical (unpaired) electrons. The zero-order valence-electron chi connectivity index (χ0n) is 11.6. The van der Waals surface area contributed by atoms with Crippen LogP contribution in [0.4, 0.5) is 0 Å². The molecule has 1 heterocycles. The predicted molar refractivity (Wildman–Crippen MR) is 78.4 cm³/mol. The van der Waals surface area contributed by atoms with Crippen LogP contribution in [0.25, 0.3) is 11.4 Å². The summed E-state index contributed by atoms with van der Waals surface area (Å²) in [4.78, 5) is 0. The molecule has 0 saturated carbocycles. The molecular formula is C14H19N3OS. The highest BCUT2D eigenvalue weighted by atomic mass is 32.2. The number of nitrogens with zero attached hydrogens (tertiary/aromatic N) is 3. The Kier molecular flexibility index (Phi) is 4.99. The average molecular weight is 277 g/mol. The van der Waals surface area contributed by atoms with Gasteiger partial charge in [-0.2, -0.15) is 0 Å². The second-order valence-electron chi connectivity index (χ2n) is 4.37. The van der Waals surface area contributed by atoms with Gasteiger partial charge in [0.05, 0.1) is 0 Å². The van der Waals surface area contributed by atoms with Crippen molar-refractivity contribution in [2.75, 3.05) is 19.5 Å². The fourth-order valence-electron chi connectivity index (χ4n) is 1.87. The van der Waals surface area contributed by atoms with Crippen LogP contribution in [-0.4, -0.2) is 34.2 Å². The second kappa shape index (κ2) is 6.73. The molecule has 19 heavy (non-hydrogen) atoms. The molecule has 0 fully saturated rings. The van der Waals surface area contributed by atoms with E-state index in [1.807, 2.05) is 19.2 Å². The lowest BCUT2D eigenvalue weighted by atomic mass is 10.1. The molecule has 102 valence electrons. The Balaban J connectivity index is 2.12. The van der Waals surface area contributed by atoms with Crippen molar-refractivity contribution >= 4 is 11.8 Å². The van der Waals surface area contributed by atoms with Crippen LogP contribution in [0.2, 0.25) is 0 Å². The summed E-state index contributed by atoms with van der Waals surface area (Å²) in [6, 6.07) is 8.24. The van der Waals surface area contributed by atoms with E-state index < -0.39 is 0 Å². The van der Waals surface area contributed by atoms with Crippen LogP contribution in [0.5, 0.6) is 0 Å². The van der Waals surface area contributed by atoms with E-state index in [1.165, 1.54) is 5.56 Å². The quantitative estimate of drug-likeness (QED) is 0.601. The van der Waals surface area contributed by atoms with Gasteiger partial charge in [0, 0.05) is 32.1 Å². The topological polar surface area (TPSA) is 39.9 Å². The Morgan fingerprint density at radius 2 is 2.05 bits per heavy atom. The molecule has 4 nitrogen and oxygen atoms in total. The largest absolute Gasteiger partial charge is 0.385 e. The van der Waals surface area contributed by atoms with Crippen molar-refractivity contribution in [1.29, 1.82) is 0 Å².